The van der Waals surface area contributed by atoms with Crippen LogP contribution in [0.15, 0.2) is 28.8 Å². The third-order valence-corrected chi connectivity index (χ3v) is 3.11. The molecule has 4 heteroatoms. The van der Waals surface area contributed by atoms with Crippen LogP contribution in [-0.2, 0) is 12.8 Å². The van der Waals surface area contributed by atoms with Crippen molar-refractivity contribution in [1.82, 2.24) is 15.5 Å². The topological polar surface area (TPSA) is 51.0 Å². The number of nitrogens with one attached hydrogen (secondary N) is 1. The molecule has 0 amide bonds. The summed E-state index contributed by atoms with van der Waals surface area (Å²) in [5, 5.41) is 7.21. The lowest BCUT2D eigenvalue weighted by Gasteiger charge is -2.05. The average molecular weight is 259 g/mol. The Hall–Kier alpha value is -1.68. The molecule has 0 aliphatic carbocycles. The van der Waals surface area contributed by atoms with Crippen LogP contribution in [0.5, 0.6) is 0 Å². The van der Waals surface area contributed by atoms with Gasteiger partial charge in [0.1, 0.15) is 0 Å². The van der Waals surface area contributed by atoms with Crippen LogP contribution in [0.4, 0.5) is 0 Å². The summed E-state index contributed by atoms with van der Waals surface area (Å²) in [6.07, 6.45) is 4.08. The number of aryl methyl sites for hydroxylation is 1. The summed E-state index contributed by atoms with van der Waals surface area (Å²) < 4.78 is 5.39. The van der Waals surface area contributed by atoms with E-state index in [1.807, 2.05) is 25.2 Å². The third-order valence-electron chi connectivity index (χ3n) is 3.11. The number of rotatable bonds is 7. The SMILES string of the molecule is CCCCc1noc(-c2ccccc2CCNC)n1. The quantitative estimate of drug-likeness (QED) is 0.830. The molecule has 1 N–H and O–H groups in total. The minimum absolute atomic E-state index is 0.637. The lowest BCUT2D eigenvalue weighted by atomic mass is 10.0. The number of likely N-dealkylation sites (N-methyl/N-ethyl adjacent to an activating group) is 1. The minimum Gasteiger partial charge on any atom is -0.334 e. The van der Waals surface area contributed by atoms with E-state index < -0.39 is 0 Å². The molecule has 0 bridgehead atoms. The summed E-state index contributed by atoms with van der Waals surface area (Å²) in [5.74, 6) is 1.44. The van der Waals surface area contributed by atoms with Gasteiger partial charge in [0.2, 0.25) is 0 Å². The van der Waals surface area contributed by atoms with Crippen molar-refractivity contribution in [2.75, 3.05) is 13.6 Å². The second-order valence-electron chi connectivity index (χ2n) is 4.63. The first kappa shape index (κ1) is 13.7. The van der Waals surface area contributed by atoms with Gasteiger partial charge in [0.25, 0.3) is 5.89 Å². The first-order valence-electron chi connectivity index (χ1n) is 6.90. The van der Waals surface area contributed by atoms with Gasteiger partial charge in [-0.3, -0.25) is 0 Å². The summed E-state index contributed by atoms with van der Waals surface area (Å²) in [4.78, 5) is 4.49. The van der Waals surface area contributed by atoms with Crippen molar-refractivity contribution in [2.45, 2.75) is 32.6 Å². The Balaban J connectivity index is 2.18. The highest BCUT2D eigenvalue weighted by atomic mass is 16.5. The fourth-order valence-corrected chi connectivity index (χ4v) is 2.01. The molecule has 0 unspecified atom stereocenters. The summed E-state index contributed by atoms with van der Waals surface area (Å²) in [5.41, 5.74) is 2.29. The van der Waals surface area contributed by atoms with Gasteiger partial charge in [-0.25, -0.2) is 0 Å². The van der Waals surface area contributed by atoms with E-state index >= 15 is 0 Å². The van der Waals surface area contributed by atoms with Crippen LogP contribution in [-0.4, -0.2) is 23.7 Å². The van der Waals surface area contributed by atoms with Crippen molar-refractivity contribution in [1.29, 1.82) is 0 Å². The number of aromatic nitrogens is 2. The maximum atomic E-state index is 5.39. The number of nitrogens with zero attached hydrogens (tertiary/aromatic N) is 2. The van der Waals surface area contributed by atoms with E-state index in [1.54, 1.807) is 0 Å². The van der Waals surface area contributed by atoms with Crippen LogP contribution in [0.2, 0.25) is 0 Å². The molecule has 0 saturated heterocycles. The Kier molecular flexibility index (Phi) is 5.10. The smallest absolute Gasteiger partial charge is 0.258 e. The lowest BCUT2D eigenvalue weighted by Crippen LogP contribution is -2.10. The molecule has 1 aromatic carbocycles. The maximum absolute atomic E-state index is 5.39. The number of hydrogen-bond acceptors (Lipinski definition) is 4. The molecule has 0 spiro atoms. The van der Waals surface area contributed by atoms with E-state index in [9.17, 15) is 0 Å². The molecule has 0 atom stereocenters. The van der Waals surface area contributed by atoms with Gasteiger partial charge < -0.3 is 9.84 Å². The fraction of sp³-hybridized carbons (Fsp3) is 0.467. The van der Waals surface area contributed by atoms with E-state index in [1.165, 1.54) is 5.56 Å². The average Bonchev–Trinajstić information content (AvgIpc) is 2.92. The zero-order chi connectivity index (χ0) is 13.5. The highest BCUT2D eigenvalue weighted by Gasteiger charge is 2.11. The molecule has 102 valence electrons. The second kappa shape index (κ2) is 7.04. The molecule has 2 aromatic rings. The van der Waals surface area contributed by atoms with Crippen LogP contribution in [0.25, 0.3) is 11.5 Å². The highest BCUT2D eigenvalue weighted by molar-refractivity contribution is 5.58. The van der Waals surface area contributed by atoms with Crippen molar-refractivity contribution in [3.8, 4) is 11.5 Å². The van der Waals surface area contributed by atoms with Gasteiger partial charge in [-0.1, -0.05) is 36.7 Å². The summed E-state index contributed by atoms with van der Waals surface area (Å²) in [6, 6.07) is 8.21. The molecule has 0 aliphatic heterocycles. The van der Waals surface area contributed by atoms with E-state index in [0.717, 1.165) is 43.6 Å². The van der Waals surface area contributed by atoms with Crippen molar-refractivity contribution < 1.29 is 4.52 Å². The molecular weight excluding hydrogens is 238 g/mol. The van der Waals surface area contributed by atoms with Crippen molar-refractivity contribution in [3.05, 3.63) is 35.7 Å². The Morgan fingerprint density at radius 3 is 2.84 bits per heavy atom. The lowest BCUT2D eigenvalue weighted by molar-refractivity contribution is 0.421. The Morgan fingerprint density at radius 1 is 1.21 bits per heavy atom. The predicted molar refractivity (Wildman–Crippen MR) is 76.0 cm³/mol. The van der Waals surface area contributed by atoms with Crippen molar-refractivity contribution in [2.24, 2.45) is 0 Å². The van der Waals surface area contributed by atoms with Crippen LogP contribution in [0, 0.1) is 0 Å². The first-order valence-corrected chi connectivity index (χ1v) is 6.90. The Labute approximate surface area is 114 Å². The number of unbranched alkanes of at least 4 members (excludes halogenated alkanes) is 1. The monoisotopic (exact) mass is 259 g/mol. The zero-order valence-electron chi connectivity index (χ0n) is 11.6. The van der Waals surface area contributed by atoms with Gasteiger partial charge in [-0.15, -0.1) is 0 Å². The van der Waals surface area contributed by atoms with Gasteiger partial charge in [-0.2, -0.15) is 4.98 Å². The Morgan fingerprint density at radius 2 is 2.05 bits per heavy atom. The van der Waals surface area contributed by atoms with Crippen molar-refractivity contribution >= 4 is 0 Å². The van der Waals surface area contributed by atoms with Crippen LogP contribution >= 0.6 is 0 Å². The molecule has 0 radical (unpaired) electrons. The van der Waals surface area contributed by atoms with Gasteiger partial charge in [0.05, 0.1) is 0 Å². The summed E-state index contributed by atoms with van der Waals surface area (Å²) in [7, 11) is 1.96. The van der Waals surface area contributed by atoms with Gasteiger partial charge >= 0.3 is 0 Å². The number of benzene rings is 1. The van der Waals surface area contributed by atoms with Gasteiger partial charge in [-0.05, 0) is 38.1 Å². The molecule has 0 aliphatic rings. The zero-order valence-corrected chi connectivity index (χ0v) is 11.6. The predicted octanol–water partition coefficient (Wildman–Crippen LogP) is 2.84. The minimum atomic E-state index is 0.637. The summed E-state index contributed by atoms with van der Waals surface area (Å²) in [6.45, 7) is 3.10. The Bertz CT molecular complexity index is 508. The standard InChI is InChI=1S/C15H21N3O/c1-3-4-9-14-17-15(19-18-14)13-8-6-5-7-12(13)10-11-16-2/h5-8,16H,3-4,9-11H2,1-2H3. The van der Waals surface area contributed by atoms with Crippen LogP contribution in [0.1, 0.15) is 31.2 Å². The maximum Gasteiger partial charge on any atom is 0.258 e. The highest BCUT2D eigenvalue weighted by Crippen LogP contribution is 2.22. The number of hydrogen-bond donors (Lipinski definition) is 1. The molecule has 0 fully saturated rings. The molecule has 1 aromatic heterocycles. The largest absolute Gasteiger partial charge is 0.334 e. The van der Waals surface area contributed by atoms with Crippen LogP contribution in [0.3, 0.4) is 0 Å². The molecule has 4 nitrogen and oxygen atoms in total. The molecule has 0 saturated carbocycles. The fourth-order valence-electron chi connectivity index (χ4n) is 2.01. The van der Waals surface area contributed by atoms with E-state index in [2.05, 4.69) is 28.4 Å². The van der Waals surface area contributed by atoms with Crippen molar-refractivity contribution in [3.63, 3.8) is 0 Å². The first-order chi connectivity index (χ1) is 9.35. The molecular formula is C15H21N3O. The summed E-state index contributed by atoms with van der Waals surface area (Å²) >= 11 is 0. The van der Waals surface area contributed by atoms with E-state index in [0.29, 0.717) is 5.89 Å². The van der Waals surface area contributed by atoms with Crippen LogP contribution < -0.4 is 5.32 Å². The van der Waals surface area contributed by atoms with E-state index in [4.69, 9.17) is 4.52 Å². The molecule has 2 rings (SSSR count). The molecule has 19 heavy (non-hydrogen) atoms. The van der Waals surface area contributed by atoms with Gasteiger partial charge in [0.15, 0.2) is 5.82 Å². The second-order valence-corrected chi connectivity index (χ2v) is 4.63. The third kappa shape index (κ3) is 3.64. The molecule has 1 heterocycles. The van der Waals surface area contributed by atoms with E-state index in [-0.39, 0.29) is 0 Å². The normalized spacial score (nSPS) is 10.8. The van der Waals surface area contributed by atoms with Gasteiger partial charge in [0, 0.05) is 12.0 Å².